The highest BCUT2D eigenvalue weighted by atomic mass is 35.5. The van der Waals surface area contributed by atoms with Gasteiger partial charge in [0.05, 0.1) is 11.1 Å². The monoisotopic (exact) mass is 566 g/mol. The van der Waals surface area contributed by atoms with Crippen LogP contribution in [-0.2, 0) is 16.4 Å². The number of sulfonamides is 1. The zero-order chi connectivity index (χ0) is 26.8. The van der Waals surface area contributed by atoms with E-state index >= 15 is 0 Å². The van der Waals surface area contributed by atoms with Crippen molar-refractivity contribution >= 4 is 54.9 Å². The van der Waals surface area contributed by atoms with Crippen LogP contribution in [0.1, 0.15) is 68.7 Å². The van der Waals surface area contributed by atoms with E-state index in [1.807, 2.05) is 24.3 Å². The van der Waals surface area contributed by atoms with E-state index in [9.17, 15) is 8.42 Å². The maximum absolute atomic E-state index is 12.8. The molecule has 4 rings (SSSR count). The maximum atomic E-state index is 12.8. The lowest BCUT2D eigenvalue weighted by molar-refractivity contribution is 0.576. The molecule has 0 spiro atoms. The van der Waals surface area contributed by atoms with Crippen LogP contribution in [0.2, 0.25) is 5.02 Å². The molecule has 200 valence electrons. The number of fused-ring (bicyclic) bond motifs is 1. The van der Waals surface area contributed by atoms with Crippen molar-refractivity contribution in [2.45, 2.75) is 64.7 Å². The van der Waals surface area contributed by atoms with Crippen LogP contribution in [0.5, 0.6) is 0 Å². The Kier molecular flexibility index (Phi) is 10.4. The highest BCUT2D eigenvalue weighted by Crippen LogP contribution is 2.34. The average Bonchev–Trinajstić information content (AvgIpc) is 3.31. The number of thiazole rings is 1. The van der Waals surface area contributed by atoms with Gasteiger partial charge in [-0.05, 0) is 47.4 Å². The Morgan fingerprint density at radius 3 is 2.32 bits per heavy atom. The van der Waals surface area contributed by atoms with Gasteiger partial charge in [-0.3, -0.25) is 4.72 Å². The first-order valence-corrected chi connectivity index (χ1v) is 16.1. The molecule has 0 radical (unpaired) electrons. The smallest absolute Gasteiger partial charge is 0.255 e. The summed E-state index contributed by atoms with van der Waals surface area (Å²) < 4.78 is 28.4. The zero-order valence-electron chi connectivity index (χ0n) is 21.8. The minimum atomic E-state index is -3.75. The van der Waals surface area contributed by atoms with Crippen molar-refractivity contribution in [1.29, 1.82) is 0 Å². The lowest BCUT2D eigenvalue weighted by atomic mass is 10.0. The number of hydrogen-bond acceptors (Lipinski definition) is 4. The molecule has 1 aromatic heterocycles. The molecule has 0 saturated heterocycles. The van der Waals surface area contributed by atoms with E-state index in [1.54, 1.807) is 12.1 Å². The van der Waals surface area contributed by atoms with Crippen LogP contribution >= 0.6 is 22.9 Å². The summed E-state index contributed by atoms with van der Waals surface area (Å²) in [5.74, 6) is 0. The van der Waals surface area contributed by atoms with Crippen LogP contribution in [-0.4, -0.2) is 13.4 Å². The first-order valence-electron chi connectivity index (χ1n) is 13.4. The molecule has 3 aromatic carbocycles. The molecule has 0 aliphatic rings. The molecule has 7 heteroatoms. The summed E-state index contributed by atoms with van der Waals surface area (Å²) >= 11 is 7.60. The van der Waals surface area contributed by atoms with Crippen molar-refractivity contribution in [3.63, 3.8) is 0 Å². The second-order valence-corrected chi connectivity index (χ2v) is 12.6. The fourth-order valence-electron chi connectivity index (χ4n) is 4.48. The summed E-state index contributed by atoms with van der Waals surface area (Å²) in [6, 6.07) is 21.7. The van der Waals surface area contributed by atoms with Crippen molar-refractivity contribution in [2.75, 3.05) is 4.72 Å². The standard InChI is InChI=1S/C31H35ClN2O2S2/c1-2-3-4-5-6-7-8-9-18-29-30(27-20-19-24-14-10-11-16-26(24)23-27)33-31(37-29)34-38(35,36)22-21-25-15-12-13-17-28(25)32/h10-17,19-23H,2-9,18H2,1H3,(H,33,34)/b22-21+. The third-order valence-corrected chi connectivity index (χ3v) is 9.02. The molecule has 4 nitrogen and oxygen atoms in total. The Morgan fingerprint density at radius 1 is 0.868 bits per heavy atom. The Morgan fingerprint density at radius 2 is 1.55 bits per heavy atom. The van der Waals surface area contributed by atoms with Gasteiger partial charge in [0.2, 0.25) is 0 Å². The molecule has 0 fully saturated rings. The van der Waals surface area contributed by atoms with Crippen molar-refractivity contribution < 1.29 is 8.42 Å². The largest absolute Gasteiger partial charge is 0.256 e. The van der Waals surface area contributed by atoms with Gasteiger partial charge in [0, 0.05) is 15.5 Å². The normalized spacial score (nSPS) is 11.9. The average molecular weight is 567 g/mol. The number of halogens is 1. The first-order chi connectivity index (χ1) is 18.4. The number of unbranched alkanes of at least 4 members (excludes halogenated alkanes) is 7. The van der Waals surface area contributed by atoms with Crippen LogP contribution in [0, 0.1) is 0 Å². The minimum absolute atomic E-state index is 0.381. The lowest BCUT2D eigenvalue weighted by Crippen LogP contribution is -2.08. The van der Waals surface area contributed by atoms with Crippen molar-refractivity contribution in [3.8, 4) is 11.3 Å². The number of benzene rings is 3. The van der Waals surface area contributed by atoms with E-state index in [-0.39, 0.29) is 0 Å². The van der Waals surface area contributed by atoms with E-state index in [2.05, 4.69) is 42.0 Å². The Balaban J connectivity index is 1.51. The fraction of sp³-hybridized carbons (Fsp3) is 0.323. The highest BCUT2D eigenvalue weighted by Gasteiger charge is 2.17. The summed E-state index contributed by atoms with van der Waals surface area (Å²) in [5, 5.41) is 4.33. The van der Waals surface area contributed by atoms with Crippen molar-refractivity contribution in [3.05, 3.63) is 87.6 Å². The maximum Gasteiger partial charge on any atom is 0.256 e. The van der Waals surface area contributed by atoms with E-state index in [0.717, 1.165) is 39.8 Å². The van der Waals surface area contributed by atoms with Crippen LogP contribution in [0.25, 0.3) is 28.1 Å². The van der Waals surface area contributed by atoms with Gasteiger partial charge in [-0.1, -0.05) is 118 Å². The number of rotatable bonds is 14. The Hall–Kier alpha value is -2.67. The van der Waals surface area contributed by atoms with Gasteiger partial charge in [-0.2, -0.15) is 0 Å². The number of aromatic nitrogens is 1. The van der Waals surface area contributed by atoms with Gasteiger partial charge in [0.25, 0.3) is 10.0 Å². The Labute approximate surface area is 235 Å². The third kappa shape index (κ3) is 8.16. The molecule has 0 aliphatic carbocycles. The third-order valence-electron chi connectivity index (χ3n) is 6.54. The quantitative estimate of drug-likeness (QED) is 0.154. The zero-order valence-corrected chi connectivity index (χ0v) is 24.2. The van der Waals surface area contributed by atoms with E-state index in [4.69, 9.17) is 16.6 Å². The molecule has 0 amide bonds. The van der Waals surface area contributed by atoms with Crippen LogP contribution in [0.4, 0.5) is 5.13 Å². The SMILES string of the molecule is CCCCCCCCCCc1sc(NS(=O)(=O)/C=C/c2ccccc2Cl)nc1-c1ccc2ccccc2c1. The molecule has 1 heterocycles. The van der Waals surface area contributed by atoms with Crippen LogP contribution in [0.3, 0.4) is 0 Å². The van der Waals surface area contributed by atoms with Crippen LogP contribution < -0.4 is 4.72 Å². The van der Waals surface area contributed by atoms with Gasteiger partial charge in [-0.25, -0.2) is 13.4 Å². The lowest BCUT2D eigenvalue weighted by Gasteiger charge is -2.05. The summed E-state index contributed by atoms with van der Waals surface area (Å²) in [5.41, 5.74) is 2.51. The summed E-state index contributed by atoms with van der Waals surface area (Å²) in [7, 11) is -3.75. The van der Waals surface area contributed by atoms with Gasteiger partial charge < -0.3 is 0 Å². The first kappa shape index (κ1) is 28.3. The number of anilines is 1. The predicted molar refractivity (Wildman–Crippen MR) is 164 cm³/mol. The van der Waals surface area contributed by atoms with Crippen molar-refractivity contribution in [1.82, 2.24) is 4.98 Å². The number of hydrogen-bond donors (Lipinski definition) is 1. The molecular weight excluding hydrogens is 532 g/mol. The van der Waals surface area contributed by atoms with Gasteiger partial charge >= 0.3 is 0 Å². The van der Waals surface area contributed by atoms with E-state index in [1.165, 1.54) is 67.7 Å². The van der Waals surface area contributed by atoms with Gasteiger partial charge in [0.15, 0.2) is 5.13 Å². The number of nitrogens with zero attached hydrogens (tertiary/aromatic N) is 1. The van der Waals surface area contributed by atoms with E-state index in [0.29, 0.717) is 15.7 Å². The number of nitrogens with one attached hydrogen (secondary N) is 1. The molecule has 1 N–H and O–H groups in total. The minimum Gasteiger partial charge on any atom is -0.255 e. The summed E-state index contributed by atoms with van der Waals surface area (Å²) in [4.78, 5) is 5.87. The summed E-state index contributed by atoms with van der Waals surface area (Å²) in [6.07, 6.45) is 12.4. The summed E-state index contributed by atoms with van der Waals surface area (Å²) in [6.45, 7) is 2.24. The topological polar surface area (TPSA) is 59.1 Å². The molecule has 0 atom stereocenters. The molecular formula is C31H35ClN2O2S2. The predicted octanol–water partition coefficient (Wildman–Crippen LogP) is 9.71. The second kappa shape index (κ2) is 13.9. The second-order valence-electron chi connectivity index (χ2n) is 9.55. The van der Waals surface area contributed by atoms with Crippen LogP contribution in [0.15, 0.2) is 72.1 Å². The molecule has 38 heavy (non-hydrogen) atoms. The van der Waals surface area contributed by atoms with Gasteiger partial charge in [0.1, 0.15) is 0 Å². The van der Waals surface area contributed by atoms with Gasteiger partial charge in [-0.15, -0.1) is 11.3 Å². The highest BCUT2D eigenvalue weighted by molar-refractivity contribution is 7.95. The molecule has 4 aromatic rings. The molecule has 0 aliphatic heterocycles. The molecule has 0 saturated carbocycles. The van der Waals surface area contributed by atoms with E-state index < -0.39 is 10.0 Å². The van der Waals surface area contributed by atoms with Crippen molar-refractivity contribution in [2.24, 2.45) is 0 Å². The molecule has 0 unspecified atom stereocenters. The number of aryl methyl sites for hydroxylation is 1. The fourth-order valence-corrected chi connectivity index (χ4v) is 6.75. The Bertz CT molecular complexity index is 1480. The molecule has 0 bridgehead atoms.